The molecular weight excluding hydrogens is 328 g/mol. The van der Waals surface area contributed by atoms with Gasteiger partial charge in [-0.2, -0.15) is 0 Å². The van der Waals surface area contributed by atoms with E-state index in [2.05, 4.69) is 28.1 Å². The molecule has 0 amide bonds. The van der Waals surface area contributed by atoms with Crippen LogP contribution in [0.2, 0.25) is 0 Å². The molecule has 0 aliphatic rings. The Morgan fingerprint density at radius 3 is 2.52 bits per heavy atom. The van der Waals surface area contributed by atoms with Gasteiger partial charge in [0.05, 0.1) is 6.10 Å². The van der Waals surface area contributed by atoms with Crippen molar-refractivity contribution in [2.75, 3.05) is 0 Å². The van der Waals surface area contributed by atoms with E-state index in [4.69, 9.17) is 4.74 Å². The van der Waals surface area contributed by atoms with Crippen LogP contribution < -0.4 is 4.74 Å². The van der Waals surface area contributed by atoms with E-state index in [0.29, 0.717) is 0 Å². The summed E-state index contributed by atoms with van der Waals surface area (Å²) in [6, 6.07) is 19.7. The number of aliphatic hydroxyl groups is 1. The summed E-state index contributed by atoms with van der Waals surface area (Å²) in [7, 11) is 0. The number of fused-ring (bicyclic) bond motifs is 1. The quantitative estimate of drug-likeness (QED) is 0.685. The molecule has 3 heteroatoms. The number of hydrogen-bond acceptors (Lipinski definition) is 2. The summed E-state index contributed by atoms with van der Waals surface area (Å²) in [6.45, 7) is 1.74. The Kier molecular flexibility index (Phi) is 3.95. The third-order valence-corrected chi connectivity index (χ3v) is 4.09. The fourth-order valence-corrected chi connectivity index (χ4v) is 3.01. The van der Waals surface area contributed by atoms with E-state index in [1.165, 1.54) is 0 Å². The molecule has 0 aliphatic heterocycles. The van der Waals surface area contributed by atoms with Gasteiger partial charge in [-0.05, 0) is 36.1 Å². The zero-order valence-corrected chi connectivity index (χ0v) is 13.2. The maximum atomic E-state index is 9.66. The molecule has 1 N–H and O–H groups in total. The van der Waals surface area contributed by atoms with Gasteiger partial charge >= 0.3 is 0 Å². The highest BCUT2D eigenvalue weighted by Crippen LogP contribution is 2.33. The van der Waals surface area contributed by atoms with Crippen LogP contribution in [-0.2, 0) is 0 Å². The van der Waals surface area contributed by atoms with Gasteiger partial charge in [-0.15, -0.1) is 0 Å². The number of aliphatic hydroxyl groups excluding tert-OH is 1. The number of rotatable bonds is 3. The Balaban J connectivity index is 1.97. The van der Waals surface area contributed by atoms with Gasteiger partial charge in [0.2, 0.25) is 0 Å². The van der Waals surface area contributed by atoms with Crippen LogP contribution in [0.3, 0.4) is 0 Å². The first kappa shape index (κ1) is 14.1. The van der Waals surface area contributed by atoms with Crippen LogP contribution in [0, 0.1) is 0 Å². The van der Waals surface area contributed by atoms with E-state index in [1.54, 1.807) is 6.92 Å². The average molecular weight is 343 g/mol. The largest absolute Gasteiger partial charge is 0.457 e. The van der Waals surface area contributed by atoms with Crippen molar-refractivity contribution in [2.45, 2.75) is 13.0 Å². The Labute approximate surface area is 132 Å². The summed E-state index contributed by atoms with van der Waals surface area (Å²) >= 11 is 3.47. The average Bonchev–Trinajstić information content (AvgIpc) is 2.47. The molecule has 3 aromatic rings. The Bertz CT molecular complexity index is 776. The van der Waals surface area contributed by atoms with Crippen LogP contribution in [0.5, 0.6) is 11.5 Å². The standard InChI is InChI=1S/C18H15BrO2/c1-12(20)15-10-9-14(11-17(15)19)21-18-8-4-6-13-5-2-3-7-16(13)18/h2-12,20H,1H3/t12-/m0/s1. The molecular formula is C18H15BrO2. The monoisotopic (exact) mass is 342 g/mol. The first-order valence-electron chi connectivity index (χ1n) is 6.78. The highest BCUT2D eigenvalue weighted by Gasteiger charge is 2.08. The Morgan fingerprint density at radius 2 is 1.76 bits per heavy atom. The summed E-state index contributed by atoms with van der Waals surface area (Å²) < 4.78 is 6.84. The second-order valence-corrected chi connectivity index (χ2v) is 5.79. The minimum Gasteiger partial charge on any atom is -0.457 e. The third kappa shape index (κ3) is 2.94. The molecule has 0 saturated heterocycles. The minimum atomic E-state index is -0.508. The third-order valence-electron chi connectivity index (χ3n) is 3.40. The molecule has 21 heavy (non-hydrogen) atoms. The molecule has 1 atom stereocenters. The molecule has 0 aliphatic carbocycles. The van der Waals surface area contributed by atoms with Gasteiger partial charge in [-0.25, -0.2) is 0 Å². The second-order valence-electron chi connectivity index (χ2n) is 4.94. The van der Waals surface area contributed by atoms with Gasteiger partial charge in [0.1, 0.15) is 11.5 Å². The van der Waals surface area contributed by atoms with Gasteiger partial charge in [-0.1, -0.05) is 58.4 Å². The molecule has 0 spiro atoms. The van der Waals surface area contributed by atoms with Crippen molar-refractivity contribution in [2.24, 2.45) is 0 Å². The summed E-state index contributed by atoms with van der Waals surface area (Å²) in [4.78, 5) is 0. The summed E-state index contributed by atoms with van der Waals surface area (Å²) in [5.41, 5.74) is 0.847. The lowest BCUT2D eigenvalue weighted by atomic mass is 10.1. The Hall–Kier alpha value is -1.84. The lowest BCUT2D eigenvalue weighted by Crippen LogP contribution is -1.93. The predicted molar refractivity (Wildman–Crippen MR) is 88.8 cm³/mol. The smallest absolute Gasteiger partial charge is 0.135 e. The summed E-state index contributed by atoms with van der Waals surface area (Å²) in [5.74, 6) is 1.56. The SMILES string of the molecule is C[C@H](O)c1ccc(Oc2cccc3ccccc23)cc1Br. The van der Waals surface area contributed by atoms with Crippen molar-refractivity contribution in [3.63, 3.8) is 0 Å². The maximum Gasteiger partial charge on any atom is 0.135 e. The Morgan fingerprint density at radius 1 is 1.00 bits per heavy atom. The zero-order valence-electron chi connectivity index (χ0n) is 11.6. The highest BCUT2D eigenvalue weighted by atomic mass is 79.9. The maximum absolute atomic E-state index is 9.66. The zero-order chi connectivity index (χ0) is 14.8. The lowest BCUT2D eigenvalue weighted by molar-refractivity contribution is 0.198. The molecule has 0 saturated carbocycles. The normalized spacial score (nSPS) is 12.3. The topological polar surface area (TPSA) is 29.5 Å². The minimum absolute atomic E-state index is 0.508. The summed E-state index contributed by atoms with van der Waals surface area (Å²) in [5, 5.41) is 11.9. The molecule has 0 heterocycles. The molecule has 3 aromatic carbocycles. The van der Waals surface area contributed by atoms with Crippen molar-refractivity contribution >= 4 is 26.7 Å². The molecule has 106 valence electrons. The van der Waals surface area contributed by atoms with Gasteiger partial charge in [-0.3, -0.25) is 0 Å². The second kappa shape index (κ2) is 5.88. The molecule has 3 rings (SSSR count). The number of hydrogen-bond donors (Lipinski definition) is 1. The number of ether oxygens (including phenoxy) is 1. The van der Waals surface area contributed by atoms with E-state index in [9.17, 15) is 5.11 Å². The van der Waals surface area contributed by atoms with Crippen LogP contribution in [0.15, 0.2) is 65.1 Å². The van der Waals surface area contributed by atoms with Crippen molar-refractivity contribution in [1.82, 2.24) is 0 Å². The predicted octanol–water partition coefficient (Wildman–Crippen LogP) is 5.45. The molecule has 0 unspecified atom stereocenters. The van der Waals surface area contributed by atoms with Crippen LogP contribution >= 0.6 is 15.9 Å². The molecule has 0 radical (unpaired) electrons. The summed E-state index contributed by atoms with van der Waals surface area (Å²) in [6.07, 6.45) is -0.508. The molecule has 0 bridgehead atoms. The molecule has 0 fully saturated rings. The van der Waals surface area contributed by atoms with E-state index < -0.39 is 6.10 Å². The molecule has 2 nitrogen and oxygen atoms in total. The van der Waals surface area contributed by atoms with Crippen molar-refractivity contribution < 1.29 is 9.84 Å². The van der Waals surface area contributed by atoms with Crippen molar-refractivity contribution in [3.05, 3.63) is 70.7 Å². The van der Waals surface area contributed by atoms with Crippen molar-refractivity contribution in [1.29, 1.82) is 0 Å². The van der Waals surface area contributed by atoms with Crippen molar-refractivity contribution in [3.8, 4) is 11.5 Å². The van der Waals surface area contributed by atoms with E-state index in [-0.39, 0.29) is 0 Å². The van der Waals surface area contributed by atoms with Crippen LogP contribution in [0.25, 0.3) is 10.8 Å². The van der Waals surface area contributed by atoms with Gasteiger partial charge in [0.25, 0.3) is 0 Å². The molecule has 0 aromatic heterocycles. The fourth-order valence-electron chi connectivity index (χ4n) is 2.32. The van der Waals surface area contributed by atoms with Gasteiger partial charge in [0, 0.05) is 9.86 Å². The van der Waals surface area contributed by atoms with E-state index >= 15 is 0 Å². The fraction of sp³-hybridized carbons (Fsp3) is 0.111. The van der Waals surface area contributed by atoms with Gasteiger partial charge in [0.15, 0.2) is 0 Å². The first-order valence-corrected chi connectivity index (χ1v) is 7.57. The van der Waals surface area contributed by atoms with Crippen LogP contribution in [-0.4, -0.2) is 5.11 Å². The van der Waals surface area contributed by atoms with Crippen LogP contribution in [0.4, 0.5) is 0 Å². The van der Waals surface area contributed by atoms with Gasteiger partial charge < -0.3 is 9.84 Å². The van der Waals surface area contributed by atoms with Crippen LogP contribution in [0.1, 0.15) is 18.6 Å². The van der Waals surface area contributed by atoms with E-state index in [1.807, 2.05) is 48.5 Å². The number of halogens is 1. The highest BCUT2D eigenvalue weighted by molar-refractivity contribution is 9.10. The van der Waals surface area contributed by atoms with E-state index in [0.717, 1.165) is 32.3 Å². The first-order chi connectivity index (χ1) is 10.1. The lowest BCUT2D eigenvalue weighted by Gasteiger charge is -2.12. The number of benzene rings is 3.